The van der Waals surface area contributed by atoms with Crippen LogP contribution in [0.5, 0.6) is 5.75 Å². The number of hydrogen-bond donors (Lipinski definition) is 0. The Balaban J connectivity index is 1.57. The van der Waals surface area contributed by atoms with Gasteiger partial charge in [0, 0.05) is 23.3 Å². The van der Waals surface area contributed by atoms with Crippen molar-refractivity contribution >= 4 is 23.2 Å². The van der Waals surface area contributed by atoms with Crippen molar-refractivity contribution in [1.29, 1.82) is 0 Å². The molecule has 0 spiro atoms. The standard InChI is InChI=1S/C21H25ClN2O2/c1-15-14-17-6-4-5-7-20(17)24(15)21(25)16(2)23(3)12-13-26-19-10-8-18(22)9-11-19/h4-11,15-16H,12-14H2,1-3H3. The van der Waals surface area contributed by atoms with Crippen molar-refractivity contribution in [3.63, 3.8) is 0 Å². The Morgan fingerprint density at radius 3 is 2.69 bits per heavy atom. The Hall–Kier alpha value is -2.04. The number of carbonyl (C=O) groups is 1. The number of halogens is 1. The van der Waals surface area contributed by atoms with Crippen molar-refractivity contribution in [1.82, 2.24) is 4.90 Å². The molecule has 26 heavy (non-hydrogen) atoms. The van der Waals surface area contributed by atoms with E-state index >= 15 is 0 Å². The zero-order valence-corrected chi connectivity index (χ0v) is 16.2. The second-order valence-corrected chi connectivity index (χ2v) is 7.29. The van der Waals surface area contributed by atoms with Crippen LogP contribution in [0.1, 0.15) is 19.4 Å². The molecule has 0 saturated heterocycles. The van der Waals surface area contributed by atoms with Crippen LogP contribution < -0.4 is 9.64 Å². The predicted octanol–water partition coefficient (Wildman–Crippen LogP) is 4.02. The fourth-order valence-electron chi connectivity index (χ4n) is 3.32. The van der Waals surface area contributed by atoms with Crippen molar-refractivity contribution < 1.29 is 9.53 Å². The van der Waals surface area contributed by atoms with Gasteiger partial charge >= 0.3 is 0 Å². The molecule has 1 amide bonds. The largest absolute Gasteiger partial charge is 0.492 e. The summed E-state index contributed by atoms with van der Waals surface area (Å²) in [7, 11) is 1.96. The van der Waals surface area contributed by atoms with Crippen LogP contribution in [-0.2, 0) is 11.2 Å². The molecule has 4 nitrogen and oxygen atoms in total. The minimum absolute atomic E-state index is 0.136. The molecule has 2 aromatic carbocycles. The predicted molar refractivity (Wildman–Crippen MR) is 106 cm³/mol. The van der Waals surface area contributed by atoms with Crippen LogP contribution in [0.25, 0.3) is 0 Å². The molecule has 0 N–H and O–H groups in total. The van der Waals surface area contributed by atoms with Gasteiger partial charge in [-0.3, -0.25) is 9.69 Å². The van der Waals surface area contributed by atoms with Gasteiger partial charge in [0.2, 0.25) is 5.91 Å². The zero-order valence-electron chi connectivity index (χ0n) is 15.5. The highest BCUT2D eigenvalue weighted by Crippen LogP contribution is 2.32. The normalized spacial score (nSPS) is 17.3. The van der Waals surface area contributed by atoms with Gasteiger partial charge in [0.1, 0.15) is 12.4 Å². The van der Waals surface area contributed by atoms with E-state index in [0.717, 1.165) is 17.9 Å². The summed E-state index contributed by atoms with van der Waals surface area (Å²) in [4.78, 5) is 17.0. The van der Waals surface area contributed by atoms with Crippen LogP contribution >= 0.6 is 11.6 Å². The Bertz CT molecular complexity index is 763. The monoisotopic (exact) mass is 372 g/mol. The maximum Gasteiger partial charge on any atom is 0.244 e. The second kappa shape index (κ2) is 8.11. The Labute approximate surface area is 160 Å². The van der Waals surface area contributed by atoms with Crippen LogP contribution in [-0.4, -0.2) is 43.1 Å². The molecule has 0 fully saturated rings. The van der Waals surface area contributed by atoms with E-state index in [9.17, 15) is 4.79 Å². The lowest BCUT2D eigenvalue weighted by Gasteiger charge is -2.30. The number of carbonyl (C=O) groups excluding carboxylic acids is 1. The number of rotatable bonds is 6. The Kier molecular flexibility index (Phi) is 5.84. The van der Waals surface area contributed by atoms with Crippen LogP contribution in [0.15, 0.2) is 48.5 Å². The Morgan fingerprint density at radius 1 is 1.27 bits per heavy atom. The lowest BCUT2D eigenvalue weighted by atomic mass is 10.1. The number of benzene rings is 2. The van der Waals surface area contributed by atoms with Gasteiger partial charge < -0.3 is 9.64 Å². The highest BCUT2D eigenvalue weighted by atomic mass is 35.5. The number of amides is 1. The van der Waals surface area contributed by atoms with E-state index in [1.54, 1.807) is 12.1 Å². The van der Waals surface area contributed by atoms with Crippen molar-refractivity contribution in [2.75, 3.05) is 25.1 Å². The van der Waals surface area contributed by atoms with Gasteiger partial charge in [0.15, 0.2) is 0 Å². The van der Waals surface area contributed by atoms with Crippen molar-refractivity contribution in [2.45, 2.75) is 32.4 Å². The van der Waals surface area contributed by atoms with Crippen LogP contribution in [0.3, 0.4) is 0 Å². The highest BCUT2D eigenvalue weighted by Gasteiger charge is 2.34. The molecule has 0 aromatic heterocycles. The third kappa shape index (κ3) is 4.02. The van der Waals surface area contributed by atoms with Crippen LogP contribution in [0.4, 0.5) is 5.69 Å². The molecule has 0 bridgehead atoms. The first-order chi connectivity index (χ1) is 12.5. The van der Waals surface area contributed by atoms with E-state index in [0.29, 0.717) is 18.2 Å². The molecule has 138 valence electrons. The third-order valence-electron chi connectivity index (χ3n) is 4.99. The van der Waals surface area contributed by atoms with Crippen molar-refractivity contribution in [3.8, 4) is 5.75 Å². The number of likely N-dealkylation sites (N-methyl/N-ethyl adjacent to an activating group) is 1. The second-order valence-electron chi connectivity index (χ2n) is 6.85. The van der Waals surface area contributed by atoms with E-state index in [-0.39, 0.29) is 18.0 Å². The van der Waals surface area contributed by atoms with Gasteiger partial charge in [-0.2, -0.15) is 0 Å². The molecule has 2 unspecified atom stereocenters. The molecule has 0 aliphatic carbocycles. The number of anilines is 1. The molecular weight excluding hydrogens is 348 g/mol. The summed E-state index contributed by atoms with van der Waals surface area (Å²) in [5.41, 5.74) is 2.29. The lowest BCUT2D eigenvalue weighted by Crippen LogP contribution is -2.48. The fourth-order valence-corrected chi connectivity index (χ4v) is 3.45. The van der Waals surface area contributed by atoms with Crippen LogP contribution in [0.2, 0.25) is 5.02 Å². The molecule has 5 heteroatoms. The van der Waals surface area contributed by atoms with Gasteiger partial charge in [-0.1, -0.05) is 29.8 Å². The van der Waals surface area contributed by atoms with E-state index in [4.69, 9.17) is 16.3 Å². The van der Waals surface area contributed by atoms with Gasteiger partial charge in [0.25, 0.3) is 0 Å². The van der Waals surface area contributed by atoms with E-state index in [1.165, 1.54) is 5.56 Å². The average molecular weight is 373 g/mol. The first kappa shape index (κ1) is 18.7. The minimum Gasteiger partial charge on any atom is -0.492 e. The first-order valence-electron chi connectivity index (χ1n) is 8.97. The summed E-state index contributed by atoms with van der Waals surface area (Å²) >= 11 is 5.88. The topological polar surface area (TPSA) is 32.8 Å². The summed E-state index contributed by atoms with van der Waals surface area (Å²) in [6, 6.07) is 15.4. The number of para-hydroxylation sites is 1. The van der Waals surface area contributed by atoms with E-state index < -0.39 is 0 Å². The Morgan fingerprint density at radius 2 is 1.96 bits per heavy atom. The number of ether oxygens (including phenoxy) is 1. The summed E-state index contributed by atoms with van der Waals surface area (Å²) in [5.74, 6) is 0.917. The van der Waals surface area contributed by atoms with E-state index in [1.807, 2.05) is 54.1 Å². The summed E-state index contributed by atoms with van der Waals surface area (Å²) < 4.78 is 5.74. The van der Waals surface area contributed by atoms with Crippen LogP contribution in [0, 0.1) is 0 Å². The quantitative estimate of drug-likeness (QED) is 0.767. The molecule has 3 rings (SSSR count). The molecule has 1 aliphatic rings. The summed E-state index contributed by atoms with van der Waals surface area (Å²) in [5, 5.41) is 0.689. The maximum absolute atomic E-state index is 13.1. The van der Waals surface area contributed by atoms with Crippen molar-refractivity contribution in [2.24, 2.45) is 0 Å². The molecule has 2 atom stereocenters. The fraction of sp³-hybridized carbons (Fsp3) is 0.381. The molecule has 2 aromatic rings. The third-order valence-corrected chi connectivity index (χ3v) is 5.24. The SMILES string of the molecule is CC(C(=O)N1c2ccccc2CC1C)N(C)CCOc1ccc(Cl)cc1. The van der Waals surface area contributed by atoms with Gasteiger partial charge in [-0.15, -0.1) is 0 Å². The lowest BCUT2D eigenvalue weighted by molar-refractivity contribution is -0.123. The summed E-state index contributed by atoms with van der Waals surface area (Å²) in [6.07, 6.45) is 0.915. The first-order valence-corrected chi connectivity index (χ1v) is 9.34. The number of nitrogens with zero attached hydrogens (tertiary/aromatic N) is 2. The van der Waals surface area contributed by atoms with E-state index in [2.05, 4.69) is 13.0 Å². The molecule has 0 radical (unpaired) electrons. The number of hydrogen-bond acceptors (Lipinski definition) is 3. The highest BCUT2D eigenvalue weighted by molar-refractivity contribution is 6.30. The number of fused-ring (bicyclic) bond motifs is 1. The molecular formula is C21H25ClN2O2. The van der Waals surface area contributed by atoms with Gasteiger partial charge in [-0.25, -0.2) is 0 Å². The zero-order chi connectivity index (χ0) is 18.7. The molecule has 0 saturated carbocycles. The van der Waals surface area contributed by atoms with Crippen molar-refractivity contribution in [3.05, 3.63) is 59.1 Å². The summed E-state index contributed by atoms with van der Waals surface area (Å²) in [6.45, 7) is 5.24. The molecule has 1 heterocycles. The minimum atomic E-state index is -0.211. The average Bonchev–Trinajstić information content (AvgIpc) is 2.97. The maximum atomic E-state index is 13.1. The smallest absolute Gasteiger partial charge is 0.244 e. The molecule has 1 aliphatic heterocycles. The van der Waals surface area contributed by atoms with Gasteiger partial charge in [0.05, 0.1) is 6.04 Å². The van der Waals surface area contributed by atoms with Gasteiger partial charge in [-0.05, 0) is 63.2 Å².